The quantitative estimate of drug-likeness (QED) is 0.771. The highest BCUT2D eigenvalue weighted by atomic mass is 19.1. The number of halogens is 1. The largest absolute Gasteiger partial charge is 0.285 e. The predicted molar refractivity (Wildman–Crippen MR) is 53.9 cm³/mol. The molecule has 2 nitrogen and oxygen atoms in total. The maximum atomic E-state index is 12.6. The standard InChI is InChI=1S/C11H9FN2/c12-10-4-1-9(2-5-10)3-6-11-7-8-13-14-11/h1-8H,(H,13,14)/b6-3+. The van der Waals surface area contributed by atoms with E-state index in [-0.39, 0.29) is 5.82 Å². The average Bonchev–Trinajstić information content (AvgIpc) is 2.70. The molecule has 0 unspecified atom stereocenters. The van der Waals surface area contributed by atoms with Crippen molar-refractivity contribution in [1.29, 1.82) is 0 Å². The highest BCUT2D eigenvalue weighted by Gasteiger charge is 1.90. The third-order valence-corrected chi connectivity index (χ3v) is 1.84. The first-order valence-electron chi connectivity index (χ1n) is 4.28. The molecule has 0 aliphatic rings. The molecule has 1 aromatic carbocycles. The molecular formula is C11H9FN2. The minimum absolute atomic E-state index is 0.220. The van der Waals surface area contributed by atoms with Gasteiger partial charge in [-0.2, -0.15) is 5.10 Å². The number of hydrogen-bond donors (Lipinski definition) is 1. The number of aromatic nitrogens is 2. The molecule has 70 valence electrons. The zero-order valence-corrected chi connectivity index (χ0v) is 7.44. The number of nitrogens with one attached hydrogen (secondary N) is 1. The van der Waals surface area contributed by atoms with Crippen molar-refractivity contribution < 1.29 is 4.39 Å². The van der Waals surface area contributed by atoms with Gasteiger partial charge in [-0.1, -0.05) is 18.2 Å². The lowest BCUT2D eigenvalue weighted by atomic mass is 10.2. The van der Waals surface area contributed by atoms with E-state index in [0.29, 0.717) is 0 Å². The lowest BCUT2D eigenvalue weighted by Crippen LogP contribution is -1.75. The molecule has 0 aliphatic heterocycles. The molecule has 2 rings (SSSR count). The van der Waals surface area contributed by atoms with Crippen LogP contribution < -0.4 is 0 Å². The number of H-pyrrole nitrogens is 1. The van der Waals surface area contributed by atoms with E-state index in [0.717, 1.165) is 11.3 Å². The van der Waals surface area contributed by atoms with Gasteiger partial charge in [-0.15, -0.1) is 0 Å². The van der Waals surface area contributed by atoms with Crippen molar-refractivity contribution in [3.05, 3.63) is 53.6 Å². The highest BCUT2D eigenvalue weighted by Crippen LogP contribution is 2.07. The first-order valence-corrected chi connectivity index (χ1v) is 4.28. The van der Waals surface area contributed by atoms with Crippen molar-refractivity contribution in [2.75, 3.05) is 0 Å². The Morgan fingerprint density at radius 1 is 1.07 bits per heavy atom. The van der Waals surface area contributed by atoms with Crippen molar-refractivity contribution in [3.8, 4) is 0 Å². The second-order valence-corrected chi connectivity index (χ2v) is 2.88. The maximum Gasteiger partial charge on any atom is 0.123 e. The van der Waals surface area contributed by atoms with E-state index < -0.39 is 0 Å². The molecule has 0 aliphatic carbocycles. The summed E-state index contributed by atoms with van der Waals surface area (Å²) >= 11 is 0. The molecule has 0 amide bonds. The van der Waals surface area contributed by atoms with E-state index in [4.69, 9.17) is 0 Å². The minimum atomic E-state index is -0.220. The van der Waals surface area contributed by atoms with Crippen molar-refractivity contribution >= 4 is 12.2 Å². The van der Waals surface area contributed by atoms with E-state index in [1.807, 2.05) is 18.2 Å². The fourth-order valence-corrected chi connectivity index (χ4v) is 1.12. The van der Waals surface area contributed by atoms with Crippen LogP contribution in [-0.2, 0) is 0 Å². The van der Waals surface area contributed by atoms with Gasteiger partial charge in [0.05, 0.1) is 5.69 Å². The van der Waals surface area contributed by atoms with Gasteiger partial charge in [-0.05, 0) is 29.8 Å². The summed E-state index contributed by atoms with van der Waals surface area (Å²) in [7, 11) is 0. The third kappa shape index (κ3) is 2.07. The molecule has 0 fully saturated rings. The molecule has 0 radical (unpaired) electrons. The van der Waals surface area contributed by atoms with Crippen molar-refractivity contribution in [2.45, 2.75) is 0 Å². The van der Waals surface area contributed by atoms with E-state index >= 15 is 0 Å². The molecule has 0 saturated carbocycles. The summed E-state index contributed by atoms with van der Waals surface area (Å²) in [6.07, 6.45) is 5.50. The lowest BCUT2D eigenvalue weighted by Gasteiger charge is -1.91. The zero-order valence-electron chi connectivity index (χ0n) is 7.44. The second-order valence-electron chi connectivity index (χ2n) is 2.88. The molecule has 1 aromatic heterocycles. The van der Waals surface area contributed by atoms with E-state index in [9.17, 15) is 4.39 Å². The first kappa shape index (κ1) is 8.69. The van der Waals surface area contributed by atoms with Gasteiger partial charge in [-0.25, -0.2) is 4.39 Å². The third-order valence-electron chi connectivity index (χ3n) is 1.84. The van der Waals surface area contributed by atoms with Crippen molar-refractivity contribution in [2.24, 2.45) is 0 Å². The van der Waals surface area contributed by atoms with Gasteiger partial charge in [0.2, 0.25) is 0 Å². The van der Waals surface area contributed by atoms with Crippen LogP contribution in [0.4, 0.5) is 4.39 Å². The Bertz CT molecular complexity index is 415. The van der Waals surface area contributed by atoms with Crippen LogP contribution in [-0.4, -0.2) is 10.2 Å². The Morgan fingerprint density at radius 2 is 1.86 bits per heavy atom. The van der Waals surface area contributed by atoms with Crippen LogP contribution >= 0.6 is 0 Å². The number of hydrogen-bond acceptors (Lipinski definition) is 1. The molecule has 0 atom stereocenters. The second kappa shape index (κ2) is 3.87. The molecule has 1 heterocycles. The van der Waals surface area contributed by atoms with E-state index in [2.05, 4.69) is 10.2 Å². The van der Waals surface area contributed by atoms with Crippen molar-refractivity contribution in [3.63, 3.8) is 0 Å². The maximum absolute atomic E-state index is 12.6. The first-order chi connectivity index (χ1) is 6.84. The summed E-state index contributed by atoms with van der Waals surface area (Å²) < 4.78 is 12.6. The Balaban J connectivity index is 2.15. The molecule has 2 aromatic rings. The van der Waals surface area contributed by atoms with Gasteiger partial charge in [0.1, 0.15) is 5.82 Å². The van der Waals surface area contributed by atoms with Gasteiger partial charge in [0.15, 0.2) is 0 Å². The summed E-state index contributed by atoms with van der Waals surface area (Å²) in [6, 6.07) is 8.17. The Morgan fingerprint density at radius 3 is 2.50 bits per heavy atom. The van der Waals surface area contributed by atoms with Crippen LogP contribution in [0, 0.1) is 5.82 Å². The summed E-state index contributed by atoms with van der Waals surface area (Å²) in [4.78, 5) is 0. The zero-order chi connectivity index (χ0) is 9.80. The van der Waals surface area contributed by atoms with Gasteiger partial charge < -0.3 is 0 Å². The highest BCUT2D eigenvalue weighted by molar-refractivity contribution is 5.67. The van der Waals surface area contributed by atoms with Crippen LogP contribution in [0.5, 0.6) is 0 Å². The smallest absolute Gasteiger partial charge is 0.123 e. The van der Waals surface area contributed by atoms with E-state index in [1.165, 1.54) is 12.1 Å². The van der Waals surface area contributed by atoms with Crippen molar-refractivity contribution in [1.82, 2.24) is 10.2 Å². The summed E-state index contributed by atoms with van der Waals surface area (Å²) in [6.45, 7) is 0. The summed E-state index contributed by atoms with van der Waals surface area (Å²) in [5.74, 6) is -0.220. The number of nitrogens with zero attached hydrogens (tertiary/aromatic N) is 1. The van der Waals surface area contributed by atoms with Gasteiger partial charge in [0, 0.05) is 6.20 Å². The lowest BCUT2D eigenvalue weighted by molar-refractivity contribution is 0.628. The molecule has 0 spiro atoms. The van der Waals surface area contributed by atoms with Crippen LogP contribution in [0.1, 0.15) is 11.3 Å². The molecule has 1 N–H and O–H groups in total. The molecule has 14 heavy (non-hydrogen) atoms. The molecule has 0 saturated heterocycles. The fourth-order valence-electron chi connectivity index (χ4n) is 1.12. The fraction of sp³-hybridized carbons (Fsp3) is 0. The van der Waals surface area contributed by atoms with Crippen LogP contribution in [0.15, 0.2) is 36.5 Å². The summed E-state index contributed by atoms with van der Waals surface area (Å²) in [5.41, 5.74) is 1.81. The predicted octanol–water partition coefficient (Wildman–Crippen LogP) is 2.72. The van der Waals surface area contributed by atoms with Gasteiger partial charge in [-0.3, -0.25) is 5.10 Å². The monoisotopic (exact) mass is 188 g/mol. The van der Waals surface area contributed by atoms with Crippen LogP contribution in [0.25, 0.3) is 12.2 Å². The number of rotatable bonds is 2. The number of benzene rings is 1. The molecule has 3 heteroatoms. The average molecular weight is 188 g/mol. The molecule has 0 bridgehead atoms. The van der Waals surface area contributed by atoms with Crippen LogP contribution in [0.2, 0.25) is 0 Å². The van der Waals surface area contributed by atoms with Gasteiger partial charge in [0.25, 0.3) is 0 Å². The summed E-state index contributed by atoms with van der Waals surface area (Å²) in [5, 5.41) is 6.68. The SMILES string of the molecule is Fc1ccc(/C=C/c2cc[nH]n2)cc1. The Hall–Kier alpha value is -1.90. The van der Waals surface area contributed by atoms with E-state index in [1.54, 1.807) is 18.3 Å². The van der Waals surface area contributed by atoms with Gasteiger partial charge >= 0.3 is 0 Å². The Labute approximate surface area is 81.1 Å². The number of aromatic amines is 1. The minimum Gasteiger partial charge on any atom is -0.285 e. The topological polar surface area (TPSA) is 28.7 Å². The Kier molecular flexibility index (Phi) is 2.40. The van der Waals surface area contributed by atoms with Crippen LogP contribution in [0.3, 0.4) is 0 Å². The normalized spacial score (nSPS) is 10.9. The molecular weight excluding hydrogens is 179 g/mol.